The SMILES string of the molecule is Cc1c(Cl)ccc2c1NC(=O)[C@]21N[C@@H](Cc2ccccc2)[C@H]2C(=O)N(c3ccc4c(c3)OCO4)C(=O)[C@H]21. The highest BCUT2D eigenvalue weighted by Gasteiger charge is 2.70. The van der Waals surface area contributed by atoms with Crippen molar-refractivity contribution in [2.75, 3.05) is 17.0 Å². The number of ether oxygens (including phenoxy) is 2. The molecule has 4 atom stereocenters. The quantitative estimate of drug-likeness (QED) is 0.518. The molecule has 3 aromatic rings. The van der Waals surface area contributed by atoms with Gasteiger partial charge in [-0.3, -0.25) is 19.7 Å². The minimum Gasteiger partial charge on any atom is -0.454 e. The summed E-state index contributed by atoms with van der Waals surface area (Å²) in [5.74, 6) is -1.77. The number of fused-ring (bicyclic) bond motifs is 5. The van der Waals surface area contributed by atoms with Gasteiger partial charge in [0.15, 0.2) is 11.5 Å². The number of carbonyl (C=O) groups is 3. The van der Waals surface area contributed by atoms with E-state index in [0.29, 0.717) is 39.9 Å². The lowest BCUT2D eigenvalue weighted by Crippen LogP contribution is -2.53. The fraction of sp³-hybridized carbons (Fsp3) is 0.250. The molecule has 4 aliphatic heterocycles. The molecule has 2 saturated heterocycles. The lowest BCUT2D eigenvalue weighted by molar-refractivity contribution is -0.130. The highest BCUT2D eigenvalue weighted by atomic mass is 35.5. The average molecular weight is 516 g/mol. The molecule has 0 aliphatic carbocycles. The molecule has 0 unspecified atom stereocenters. The lowest BCUT2D eigenvalue weighted by atomic mass is 9.76. The molecule has 0 radical (unpaired) electrons. The molecule has 4 aliphatic rings. The van der Waals surface area contributed by atoms with Crippen molar-refractivity contribution in [1.82, 2.24) is 5.32 Å². The Morgan fingerprint density at radius 1 is 1.00 bits per heavy atom. The van der Waals surface area contributed by atoms with Crippen molar-refractivity contribution in [1.29, 1.82) is 0 Å². The van der Waals surface area contributed by atoms with Gasteiger partial charge < -0.3 is 14.8 Å². The van der Waals surface area contributed by atoms with E-state index in [4.69, 9.17) is 21.1 Å². The zero-order valence-electron chi connectivity index (χ0n) is 19.8. The number of hydrogen-bond acceptors (Lipinski definition) is 6. The summed E-state index contributed by atoms with van der Waals surface area (Å²) < 4.78 is 10.9. The van der Waals surface area contributed by atoms with E-state index in [1.807, 2.05) is 37.3 Å². The largest absolute Gasteiger partial charge is 0.454 e. The van der Waals surface area contributed by atoms with Crippen LogP contribution in [0.5, 0.6) is 11.5 Å². The predicted octanol–water partition coefficient (Wildman–Crippen LogP) is 3.54. The number of benzene rings is 3. The number of carbonyl (C=O) groups excluding carboxylic acids is 3. The van der Waals surface area contributed by atoms with E-state index < -0.39 is 29.3 Å². The molecule has 37 heavy (non-hydrogen) atoms. The maximum atomic E-state index is 14.2. The van der Waals surface area contributed by atoms with Crippen LogP contribution < -0.4 is 25.0 Å². The molecule has 4 heterocycles. The second-order valence-electron chi connectivity index (χ2n) is 9.85. The van der Waals surface area contributed by atoms with E-state index in [1.54, 1.807) is 30.3 Å². The number of amides is 3. The van der Waals surface area contributed by atoms with Crippen LogP contribution in [-0.4, -0.2) is 30.6 Å². The van der Waals surface area contributed by atoms with Crippen LogP contribution in [0.25, 0.3) is 0 Å². The van der Waals surface area contributed by atoms with Crippen molar-refractivity contribution < 1.29 is 23.9 Å². The molecule has 9 heteroatoms. The molecular formula is C28H22ClN3O5. The number of hydrogen-bond donors (Lipinski definition) is 2. The fourth-order valence-electron chi connectivity index (χ4n) is 6.31. The Kier molecular flexibility index (Phi) is 4.71. The molecule has 7 rings (SSSR count). The number of halogens is 1. The first kappa shape index (κ1) is 22.3. The molecular weight excluding hydrogens is 494 g/mol. The normalized spacial score (nSPS) is 27.1. The Morgan fingerprint density at radius 2 is 1.78 bits per heavy atom. The first-order valence-electron chi connectivity index (χ1n) is 12.1. The Hall–Kier alpha value is -3.88. The van der Waals surface area contributed by atoms with E-state index in [9.17, 15) is 14.4 Å². The van der Waals surface area contributed by atoms with Crippen molar-refractivity contribution in [3.63, 3.8) is 0 Å². The average Bonchev–Trinajstić information content (AvgIpc) is 3.62. The number of nitrogens with one attached hydrogen (secondary N) is 2. The van der Waals surface area contributed by atoms with Gasteiger partial charge in [-0.25, -0.2) is 4.90 Å². The van der Waals surface area contributed by atoms with Crippen LogP contribution in [0.15, 0.2) is 60.7 Å². The fourth-order valence-corrected chi connectivity index (χ4v) is 6.47. The summed E-state index contributed by atoms with van der Waals surface area (Å²) in [5.41, 5.74) is 1.95. The van der Waals surface area contributed by atoms with Crippen LogP contribution in [-0.2, 0) is 26.3 Å². The third-order valence-electron chi connectivity index (χ3n) is 8.00. The van der Waals surface area contributed by atoms with Crippen LogP contribution in [0.1, 0.15) is 16.7 Å². The van der Waals surface area contributed by atoms with Crippen LogP contribution >= 0.6 is 11.6 Å². The zero-order chi connectivity index (χ0) is 25.5. The van der Waals surface area contributed by atoms with Gasteiger partial charge in [0.05, 0.1) is 23.2 Å². The van der Waals surface area contributed by atoms with Crippen LogP contribution in [0.3, 0.4) is 0 Å². The Bertz CT molecular complexity index is 1510. The molecule has 3 amide bonds. The number of nitrogens with zero attached hydrogens (tertiary/aromatic N) is 1. The number of anilines is 2. The number of rotatable bonds is 3. The minimum absolute atomic E-state index is 0.0803. The lowest BCUT2D eigenvalue weighted by Gasteiger charge is -2.29. The van der Waals surface area contributed by atoms with Gasteiger partial charge in [-0.1, -0.05) is 48.0 Å². The maximum absolute atomic E-state index is 14.2. The van der Waals surface area contributed by atoms with Gasteiger partial charge in [-0.2, -0.15) is 0 Å². The maximum Gasteiger partial charge on any atom is 0.250 e. The third-order valence-corrected chi connectivity index (χ3v) is 8.41. The summed E-state index contributed by atoms with van der Waals surface area (Å²) in [5, 5.41) is 6.95. The monoisotopic (exact) mass is 515 g/mol. The van der Waals surface area contributed by atoms with E-state index in [2.05, 4.69) is 10.6 Å². The molecule has 2 N–H and O–H groups in total. The van der Waals surface area contributed by atoms with Gasteiger partial charge in [-0.05, 0) is 42.7 Å². The Morgan fingerprint density at radius 3 is 2.59 bits per heavy atom. The second-order valence-corrected chi connectivity index (χ2v) is 10.3. The van der Waals surface area contributed by atoms with E-state index >= 15 is 0 Å². The minimum atomic E-state index is -1.40. The summed E-state index contributed by atoms with van der Waals surface area (Å²) in [6, 6.07) is 17.8. The first-order chi connectivity index (χ1) is 17.9. The third kappa shape index (κ3) is 2.97. The Labute approximate surface area is 217 Å². The smallest absolute Gasteiger partial charge is 0.250 e. The molecule has 0 aromatic heterocycles. The van der Waals surface area contributed by atoms with E-state index in [-0.39, 0.29) is 18.6 Å². The van der Waals surface area contributed by atoms with Crippen molar-refractivity contribution in [3.8, 4) is 11.5 Å². The molecule has 0 bridgehead atoms. The van der Waals surface area contributed by atoms with Gasteiger partial charge in [-0.15, -0.1) is 0 Å². The van der Waals surface area contributed by atoms with Crippen molar-refractivity contribution in [2.24, 2.45) is 11.8 Å². The Balaban J connectivity index is 1.38. The first-order valence-corrected chi connectivity index (χ1v) is 12.5. The van der Waals surface area contributed by atoms with Crippen molar-refractivity contribution in [2.45, 2.75) is 24.9 Å². The van der Waals surface area contributed by atoms with Gasteiger partial charge >= 0.3 is 0 Å². The topological polar surface area (TPSA) is 97.0 Å². The summed E-state index contributed by atoms with van der Waals surface area (Å²) in [6.07, 6.45) is 0.479. The van der Waals surface area contributed by atoms with E-state index in [1.165, 1.54) is 4.90 Å². The number of imide groups is 1. The van der Waals surface area contributed by atoms with Crippen LogP contribution in [0.2, 0.25) is 5.02 Å². The van der Waals surface area contributed by atoms with E-state index in [0.717, 1.165) is 11.1 Å². The highest BCUT2D eigenvalue weighted by molar-refractivity contribution is 6.32. The van der Waals surface area contributed by atoms with Gasteiger partial charge in [0, 0.05) is 22.7 Å². The standard InChI is InChI=1S/C28H22ClN3O5/c1-14-18(29)9-8-17-24(14)30-27(35)28(17)23-22(19(31-28)11-15-5-3-2-4-6-15)25(33)32(26(23)34)16-7-10-20-21(12-16)37-13-36-20/h2-10,12,19,22-23,31H,11,13H2,1H3,(H,30,35)/t19-,22+,23-,28-/m0/s1. The molecule has 2 fully saturated rings. The van der Waals surface area contributed by atoms with Gasteiger partial charge in [0.25, 0.3) is 0 Å². The summed E-state index contributed by atoms with van der Waals surface area (Å²) >= 11 is 6.36. The summed E-state index contributed by atoms with van der Waals surface area (Å²) in [7, 11) is 0. The summed E-state index contributed by atoms with van der Waals surface area (Å²) in [4.78, 5) is 43.1. The molecule has 3 aromatic carbocycles. The van der Waals surface area contributed by atoms with Gasteiger partial charge in [0.2, 0.25) is 24.5 Å². The van der Waals surface area contributed by atoms with Crippen LogP contribution in [0, 0.1) is 18.8 Å². The van der Waals surface area contributed by atoms with Crippen molar-refractivity contribution in [3.05, 3.63) is 82.4 Å². The molecule has 1 spiro atoms. The zero-order valence-corrected chi connectivity index (χ0v) is 20.5. The molecule has 8 nitrogen and oxygen atoms in total. The summed E-state index contributed by atoms with van der Waals surface area (Å²) in [6.45, 7) is 1.91. The molecule has 186 valence electrons. The van der Waals surface area contributed by atoms with Crippen LogP contribution in [0.4, 0.5) is 11.4 Å². The second kappa shape index (κ2) is 7.81. The predicted molar refractivity (Wildman–Crippen MR) is 136 cm³/mol. The van der Waals surface area contributed by atoms with Gasteiger partial charge in [0.1, 0.15) is 5.54 Å². The molecule has 0 saturated carbocycles. The van der Waals surface area contributed by atoms with Crippen molar-refractivity contribution >= 4 is 40.7 Å². The highest BCUT2D eigenvalue weighted by Crippen LogP contribution is 2.55.